The first kappa shape index (κ1) is 10.4. The normalized spacial score (nSPS) is 10.2. The van der Waals surface area contributed by atoms with Gasteiger partial charge in [0.25, 0.3) is 0 Å². The van der Waals surface area contributed by atoms with E-state index in [9.17, 15) is 4.79 Å². The van der Waals surface area contributed by atoms with Gasteiger partial charge in [0.2, 0.25) is 0 Å². The van der Waals surface area contributed by atoms with Crippen LogP contribution in [0.15, 0.2) is 35.4 Å². The first-order chi connectivity index (χ1) is 7.33. The molecule has 0 saturated heterocycles. The van der Waals surface area contributed by atoms with E-state index in [1.165, 1.54) is 16.2 Å². The minimum atomic E-state index is 0.666. The number of rotatable bonds is 3. The average Bonchev–Trinajstić information content (AvgIpc) is 2.78. The van der Waals surface area contributed by atoms with E-state index in [-0.39, 0.29) is 0 Å². The molecule has 1 aromatic heterocycles. The van der Waals surface area contributed by atoms with Gasteiger partial charge in [-0.3, -0.25) is 4.79 Å². The van der Waals surface area contributed by atoms with Crippen LogP contribution in [0.5, 0.6) is 0 Å². The number of hydrogen-bond acceptors (Lipinski definition) is 4. The van der Waals surface area contributed by atoms with Gasteiger partial charge in [0.15, 0.2) is 6.29 Å². The van der Waals surface area contributed by atoms with E-state index in [0.29, 0.717) is 4.88 Å². The minimum Gasteiger partial charge on any atom is -0.297 e. The highest BCUT2D eigenvalue weighted by Crippen LogP contribution is 2.26. The first-order valence-electron chi connectivity index (χ1n) is 4.39. The summed E-state index contributed by atoms with van der Waals surface area (Å²) >= 11 is 3.12. The largest absolute Gasteiger partial charge is 0.297 e. The van der Waals surface area contributed by atoms with Crippen LogP contribution in [0, 0.1) is 0 Å². The Morgan fingerprint density at radius 1 is 1.33 bits per heavy atom. The van der Waals surface area contributed by atoms with Crippen molar-refractivity contribution in [2.45, 2.75) is 4.90 Å². The third-order valence-electron chi connectivity index (χ3n) is 1.98. The molecule has 0 atom stereocenters. The third-order valence-corrected chi connectivity index (χ3v) is 3.69. The fourth-order valence-corrected chi connectivity index (χ4v) is 2.35. The average molecular weight is 235 g/mol. The van der Waals surface area contributed by atoms with Gasteiger partial charge in [-0.25, -0.2) is 4.98 Å². The predicted molar refractivity (Wildman–Crippen MR) is 64.7 cm³/mol. The summed E-state index contributed by atoms with van der Waals surface area (Å²) in [6.07, 6.45) is 4.48. The monoisotopic (exact) mass is 235 g/mol. The van der Waals surface area contributed by atoms with Crippen LogP contribution in [0.2, 0.25) is 0 Å². The van der Waals surface area contributed by atoms with Crippen molar-refractivity contribution in [3.05, 3.63) is 35.3 Å². The molecule has 0 N–H and O–H groups in total. The highest BCUT2D eigenvalue weighted by atomic mass is 32.2. The molecular formula is C11H9NOS2. The number of aldehydes is 1. The number of nitrogens with zero attached hydrogens (tertiary/aromatic N) is 1. The second kappa shape index (κ2) is 4.59. The molecule has 0 unspecified atom stereocenters. The van der Waals surface area contributed by atoms with Crippen LogP contribution in [0.3, 0.4) is 0 Å². The molecule has 0 saturated carbocycles. The van der Waals surface area contributed by atoms with Crippen molar-refractivity contribution in [1.29, 1.82) is 0 Å². The van der Waals surface area contributed by atoms with Gasteiger partial charge in [-0.1, -0.05) is 12.1 Å². The van der Waals surface area contributed by atoms with Crippen LogP contribution in [-0.4, -0.2) is 17.5 Å². The Morgan fingerprint density at radius 3 is 2.60 bits per heavy atom. The van der Waals surface area contributed by atoms with E-state index in [2.05, 4.69) is 17.1 Å². The summed E-state index contributed by atoms with van der Waals surface area (Å²) in [5.74, 6) is 0. The Hall–Kier alpha value is -1.13. The van der Waals surface area contributed by atoms with E-state index in [4.69, 9.17) is 0 Å². The lowest BCUT2D eigenvalue weighted by Crippen LogP contribution is -1.75. The smallest absolute Gasteiger partial charge is 0.161 e. The van der Waals surface area contributed by atoms with Gasteiger partial charge in [0.05, 0.1) is 4.88 Å². The molecule has 0 radical (unpaired) electrons. The maximum atomic E-state index is 10.5. The maximum Gasteiger partial charge on any atom is 0.161 e. The zero-order chi connectivity index (χ0) is 10.7. The van der Waals surface area contributed by atoms with Gasteiger partial charge >= 0.3 is 0 Å². The number of hydrogen-bond donors (Lipinski definition) is 0. The summed E-state index contributed by atoms with van der Waals surface area (Å²) in [5.41, 5.74) is 1.06. The van der Waals surface area contributed by atoms with Crippen LogP contribution >= 0.6 is 23.1 Å². The van der Waals surface area contributed by atoms with Crippen molar-refractivity contribution in [1.82, 2.24) is 4.98 Å². The molecule has 1 aromatic carbocycles. The molecule has 1 heterocycles. The lowest BCUT2D eigenvalue weighted by molar-refractivity contribution is 0.112. The molecule has 76 valence electrons. The zero-order valence-corrected chi connectivity index (χ0v) is 9.77. The van der Waals surface area contributed by atoms with E-state index in [1.807, 2.05) is 18.4 Å². The van der Waals surface area contributed by atoms with Gasteiger partial charge in [-0.2, -0.15) is 0 Å². The molecule has 0 aliphatic rings. The van der Waals surface area contributed by atoms with Gasteiger partial charge in [-0.05, 0) is 18.4 Å². The topological polar surface area (TPSA) is 30.0 Å². The SMILES string of the molecule is CSc1ccc(-c2ncc(C=O)s2)cc1. The summed E-state index contributed by atoms with van der Waals surface area (Å²) in [6, 6.07) is 8.17. The molecule has 4 heteroatoms. The molecule has 0 amide bonds. The standard InChI is InChI=1S/C11H9NOS2/c1-14-9-4-2-8(3-5-9)11-12-6-10(7-13)15-11/h2-7H,1H3. The number of carbonyl (C=O) groups excluding carboxylic acids is 1. The van der Waals surface area contributed by atoms with Crippen molar-refractivity contribution in [2.75, 3.05) is 6.26 Å². The number of thiazole rings is 1. The van der Waals surface area contributed by atoms with Crippen LogP contribution < -0.4 is 0 Å². The second-order valence-electron chi connectivity index (χ2n) is 2.91. The Bertz CT molecular complexity index is 462. The summed E-state index contributed by atoms with van der Waals surface area (Å²) in [5, 5.41) is 0.893. The van der Waals surface area contributed by atoms with Crippen molar-refractivity contribution in [3.8, 4) is 10.6 Å². The zero-order valence-electron chi connectivity index (χ0n) is 8.14. The number of benzene rings is 1. The van der Waals surface area contributed by atoms with Gasteiger partial charge in [0.1, 0.15) is 5.01 Å². The molecule has 0 aliphatic carbocycles. The lowest BCUT2D eigenvalue weighted by Gasteiger charge is -1.97. The third kappa shape index (κ3) is 2.27. The van der Waals surface area contributed by atoms with Crippen LogP contribution in [0.1, 0.15) is 9.67 Å². The van der Waals surface area contributed by atoms with Crippen molar-refractivity contribution in [2.24, 2.45) is 0 Å². The van der Waals surface area contributed by atoms with Crippen LogP contribution in [0.25, 0.3) is 10.6 Å². The van der Waals surface area contributed by atoms with Gasteiger partial charge in [-0.15, -0.1) is 23.1 Å². The molecule has 0 fully saturated rings. The summed E-state index contributed by atoms with van der Waals surface area (Å²) in [7, 11) is 0. The number of carbonyl (C=O) groups is 1. The van der Waals surface area contributed by atoms with E-state index < -0.39 is 0 Å². The van der Waals surface area contributed by atoms with Crippen molar-refractivity contribution in [3.63, 3.8) is 0 Å². The molecule has 0 spiro atoms. The second-order valence-corrected chi connectivity index (χ2v) is 4.86. The van der Waals surface area contributed by atoms with Gasteiger partial charge in [0, 0.05) is 16.7 Å². The number of thioether (sulfide) groups is 1. The van der Waals surface area contributed by atoms with E-state index >= 15 is 0 Å². The maximum absolute atomic E-state index is 10.5. The predicted octanol–water partition coefficient (Wildman–Crippen LogP) is 3.34. The van der Waals surface area contributed by atoms with Crippen molar-refractivity contribution < 1.29 is 4.79 Å². The Labute approximate surface area is 96.4 Å². The first-order valence-corrected chi connectivity index (χ1v) is 6.43. The summed E-state index contributed by atoms with van der Waals surface area (Å²) < 4.78 is 0. The fraction of sp³-hybridized carbons (Fsp3) is 0.0909. The molecule has 2 rings (SSSR count). The van der Waals surface area contributed by atoms with Crippen LogP contribution in [0.4, 0.5) is 0 Å². The molecule has 0 bridgehead atoms. The quantitative estimate of drug-likeness (QED) is 0.603. The molecule has 2 nitrogen and oxygen atoms in total. The van der Waals surface area contributed by atoms with Crippen LogP contribution in [-0.2, 0) is 0 Å². The molecule has 15 heavy (non-hydrogen) atoms. The lowest BCUT2D eigenvalue weighted by atomic mass is 10.2. The minimum absolute atomic E-state index is 0.666. The number of aromatic nitrogens is 1. The highest BCUT2D eigenvalue weighted by molar-refractivity contribution is 7.98. The summed E-state index contributed by atoms with van der Waals surface area (Å²) in [4.78, 5) is 16.6. The Morgan fingerprint density at radius 2 is 2.07 bits per heavy atom. The summed E-state index contributed by atoms with van der Waals surface area (Å²) in [6.45, 7) is 0. The molecule has 0 aliphatic heterocycles. The molecule has 2 aromatic rings. The van der Waals surface area contributed by atoms with Gasteiger partial charge < -0.3 is 0 Å². The van der Waals surface area contributed by atoms with E-state index in [0.717, 1.165) is 16.9 Å². The Kier molecular flexibility index (Phi) is 3.18. The fourth-order valence-electron chi connectivity index (χ4n) is 1.21. The Balaban J connectivity index is 2.32. The van der Waals surface area contributed by atoms with Crippen molar-refractivity contribution >= 4 is 29.4 Å². The van der Waals surface area contributed by atoms with E-state index in [1.54, 1.807) is 18.0 Å². The molecular weight excluding hydrogens is 226 g/mol. The highest BCUT2D eigenvalue weighted by Gasteiger charge is 2.03.